The van der Waals surface area contributed by atoms with E-state index in [-0.39, 0.29) is 0 Å². The summed E-state index contributed by atoms with van der Waals surface area (Å²) in [6.45, 7) is 7.02. The number of nitrogens with one attached hydrogen (secondary N) is 1. The smallest absolute Gasteiger partial charge is 0.123 e. The zero-order chi connectivity index (χ0) is 14.4. The van der Waals surface area contributed by atoms with Crippen molar-refractivity contribution < 1.29 is 4.42 Å². The molecule has 1 N–H and O–H groups in total. The first-order chi connectivity index (χ1) is 9.70. The number of rotatable bonds is 7. The lowest BCUT2D eigenvalue weighted by Crippen LogP contribution is -2.17. The zero-order valence-electron chi connectivity index (χ0n) is 12.6. The molecule has 0 aliphatic carbocycles. The minimum Gasteiger partial charge on any atom is -0.467 e. The summed E-state index contributed by atoms with van der Waals surface area (Å²) in [4.78, 5) is 2.22. The van der Waals surface area contributed by atoms with E-state index in [0.29, 0.717) is 0 Å². The van der Waals surface area contributed by atoms with Crippen molar-refractivity contribution >= 4 is 5.69 Å². The summed E-state index contributed by atoms with van der Waals surface area (Å²) < 4.78 is 5.65. The van der Waals surface area contributed by atoms with Gasteiger partial charge in [0.15, 0.2) is 0 Å². The van der Waals surface area contributed by atoms with Crippen LogP contribution in [0.1, 0.15) is 30.2 Å². The maximum absolute atomic E-state index is 5.65. The summed E-state index contributed by atoms with van der Waals surface area (Å²) in [6.07, 6.45) is 3.00. The van der Waals surface area contributed by atoms with E-state index in [2.05, 4.69) is 61.4 Å². The van der Waals surface area contributed by atoms with Crippen LogP contribution in [-0.2, 0) is 13.1 Å². The third-order valence-corrected chi connectivity index (χ3v) is 3.38. The maximum Gasteiger partial charge on any atom is 0.123 e. The van der Waals surface area contributed by atoms with Gasteiger partial charge < -0.3 is 14.6 Å². The summed E-state index contributed by atoms with van der Waals surface area (Å²) in [5.74, 6) is 1.00. The number of para-hydroxylation sites is 1. The monoisotopic (exact) mass is 272 g/mol. The summed E-state index contributed by atoms with van der Waals surface area (Å²) in [7, 11) is 2.10. The van der Waals surface area contributed by atoms with Gasteiger partial charge in [0, 0.05) is 24.8 Å². The molecule has 1 heterocycles. The average molecular weight is 272 g/mol. The normalized spacial score (nSPS) is 10.8. The molecule has 0 fully saturated rings. The second-order valence-corrected chi connectivity index (χ2v) is 5.24. The molecule has 3 heteroatoms. The number of nitrogens with zero attached hydrogens (tertiary/aromatic N) is 1. The highest BCUT2D eigenvalue weighted by Gasteiger charge is 2.08. The van der Waals surface area contributed by atoms with E-state index in [1.54, 1.807) is 0 Å². The fraction of sp³-hybridized carbons (Fsp3) is 0.412. The molecule has 1 aromatic heterocycles. The lowest BCUT2D eigenvalue weighted by molar-refractivity contribution is 0.504. The topological polar surface area (TPSA) is 28.4 Å². The Kier molecular flexibility index (Phi) is 5.24. The van der Waals surface area contributed by atoms with Gasteiger partial charge in [-0.05, 0) is 37.6 Å². The van der Waals surface area contributed by atoms with Crippen LogP contribution in [0.5, 0.6) is 0 Å². The van der Waals surface area contributed by atoms with Crippen molar-refractivity contribution in [3.63, 3.8) is 0 Å². The van der Waals surface area contributed by atoms with Crippen LogP contribution in [0.25, 0.3) is 0 Å². The molecular weight excluding hydrogens is 248 g/mol. The highest BCUT2D eigenvalue weighted by atomic mass is 16.3. The lowest BCUT2D eigenvalue weighted by Gasteiger charge is -2.19. The van der Waals surface area contributed by atoms with Crippen molar-refractivity contribution in [3.05, 3.63) is 53.5 Å². The molecule has 0 bridgehead atoms. The van der Waals surface area contributed by atoms with Crippen molar-refractivity contribution in [3.8, 4) is 0 Å². The van der Waals surface area contributed by atoms with Crippen LogP contribution in [0.2, 0.25) is 0 Å². The molecule has 0 radical (unpaired) electrons. The number of furan rings is 1. The average Bonchev–Trinajstić information content (AvgIpc) is 2.87. The third-order valence-electron chi connectivity index (χ3n) is 3.38. The van der Waals surface area contributed by atoms with Gasteiger partial charge in [0.05, 0.1) is 12.8 Å². The molecule has 0 saturated heterocycles. The maximum atomic E-state index is 5.65. The molecule has 0 aliphatic rings. The quantitative estimate of drug-likeness (QED) is 0.779. The van der Waals surface area contributed by atoms with Gasteiger partial charge in [-0.1, -0.05) is 25.1 Å². The molecule has 0 spiro atoms. The molecule has 0 aliphatic heterocycles. The summed E-state index contributed by atoms with van der Waals surface area (Å²) in [5, 5.41) is 3.39. The number of aryl methyl sites for hydroxylation is 1. The first-order valence-electron chi connectivity index (χ1n) is 7.24. The molecule has 108 valence electrons. The van der Waals surface area contributed by atoms with Crippen LogP contribution in [0.3, 0.4) is 0 Å². The molecule has 3 nitrogen and oxygen atoms in total. The predicted molar refractivity (Wildman–Crippen MR) is 84.0 cm³/mol. The van der Waals surface area contributed by atoms with Gasteiger partial charge in [-0.3, -0.25) is 0 Å². The Morgan fingerprint density at radius 3 is 2.80 bits per heavy atom. The Morgan fingerprint density at radius 1 is 1.25 bits per heavy atom. The van der Waals surface area contributed by atoms with Gasteiger partial charge in [0.1, 0.15) is 5.76 Å². The summed E-state index contributed by atoms with van der Waals surface area (Å²) in [5.41, 5.74) is 3.74. The molecule has 20 heavy (non-hydrogen) atoms. The fourth-order valence-corrected chi connectivity index (χ4v) is 2.32. The van der Waals surface area contributed by atoms with Crippen molar-refractivity contribution in [1.29, 1.82) is 0 Å². The lowest BCUT2D eigenvalue weighted by atomic mass is 10.2. The number of hydrogen-bond donors (Lipinski definition) is 1. The first-order valence-corrected chi connectivity index (χ1v) is 7.24. The molecule has 0 amide bonds. The van der Waals surface area contributed by atoms with Crippen molar-refractivity contribution in [2.45, 2.75) is 33.4 Å². The molecule has 0 atom stereocenters. The Morgan fingerprint density at radius 2 is 2.05 bits per heavy atom. The highest BCUT2D eigenvalue weighted by Crippen LogP contribution is 2.20. The second kappa shape index (κ2) is 7.15. The fourth-order valence-electron chi connectivity index (χ4n) is 2.32. The Bertz CT molecular complexity index is 533. The Labute approximate surface area is 121 Å². The largest absolute Gasteiger partial charge is 0.467 e. The van der Waals surface area contributed by atoms with E-state index >= 15 is 0 Å². The van der Waals surface area contributed by atoms with Crippen LogP contribution in [0.4, 0.5) is 5.69 Å². The van der Waals surface area contributed by atoms with Gasteiger partial charge in [0.2, 0.25) is 0 Å². The standard InChI is InChI=1S/C17H24N2O/c1-4-9-18-11-15-10-16(20-13-15)12-19(3)17-8-6-5-7-14(17)2/h5-8,10,13,18H,4,9,11-12H2,1-3H3. The van der Waals surface area contributed by atoms with Crippen LogP contribution in [0.15, 0.2) is 41.0 Å². The zero-order valence-corrected chi connectivity index (χ0v) is 12.6. The van der Waals surface area contributed by atoms with E-state index in [1.165, 1.54) is 16.8 Å². The molecule has 0 saturated carbocycles. The predicted octanol–water partition coefficient (Wildman–Crippen LogP) is 3.72. The molecule has 1 aromatic carbocycles. The van der Waals surface area contributed by atoms with Crippen LogP contribution in [-0.4, -0.2) is 13.6 Å². The SMILES string of the molecule is CCCNCc1coc(CN(C)c2ccccc2C)c1. The molecule has 2 rings (SSSR count). The van der Waals surface area contributed by atoms with Gasteiger partial charge in [0.25, 0.3) is 0 Å². The van der Waals surface area contributed by atoms with E-state index in [0.717, 1.165) is 31.8 Å². The van der Waals surface area contributed by atoms with Crippen LogP contribution < -0.4 is 10.2 Å². The van der Waals surface area contributed by atoms with Crippen molar-refractivity contribution in [2.24, 2.45) is 0 Å². The minimum atomic E-state index is 0.790. The highest BCUT2D eigenvalue weighted by molar-refractivity contribution is 5.52. The molecule has 0 unspecified atom stereocenters. The minimum absolute atomic E-state index is 0.790. The van der Waals surface area contributed by atoms with E-state index in [1.807, 2.05) is 6.26 Å². The molecular formula is C17H24N2O. The second-order valence-electron chi connectivity index (χ2n) is 5.24. The van der Waals surface area contributed by atoms with Gasteiger partial charge in [-0.25, -0.2) is 0 Å². The van der Waals surface area contributed by atoms with Crippen LogP contribution >= 0.6 is 0 Å². The van der Waals surface area contributed by atoms with E-state index in [9.17, 15) is 0 Å². The Hall–Kier alpha value is -1.74. The van der Waals surface area contributed by atoms with Gasteiger partial charge in [-0.2, -0.15) is 0 Å². The number of anilines is 1. The first kappa shape index (κ1) is 14.7. The number of hydrogen-bond acceptors (Lipinski definition) is 3. The number of benzene rings is 1. The van der Waals surface area contributed by atoms with Crippen molar-refractivity contribution in [2.75, 3.05) is 18.5 Å². The van der Waals surface area contributed by atoms with Crippen molar-refractivity contribution in [1.82, 2.24) is 5.32 Å². The van der Waals surface area contributed by atoms with E-state index < -0.39 is 0 Å². The van der Waals surface area contributed by atoms with Crippen LogP contribution in [0, 0.1) is 6.92 Å². The summed E-state index contributed by atoms with van der Waals surface area (Å²) in [6, 6.07) is 10.5. The summed E-state index contributed by atoms with van der Waals surface area (Å²) >= 11 is 0. The van der Waals surface area contributed by atoms with Gasteiger partial charge in [-0.15, -0.1) is 0 Å². The van der Waals surface area contributed by atoms with E-state index in [4.69, 9.17) is 4.42 Å². The Balaban J connectivity index is 1.95. The third kappa shape index (κ3) is 3.87. The van der Waals surface area contributed by atoms with Gasteiger partial charge >= 0.3 is 0 Å². The molecule has 2 aromatic rings.